The molecular weight excluding hydrogens is 200 g/mol. The van der Waals surface area contributed by atoms with Crippen LogP contribution in [0.15, 0.2) is 12.1 Å². The van der Waals surface area contributed by atoms with Crippen molar-refractivity contribution in [3.8, 4) is 0 Å². The zero-order chi connectivity index (χ0) is 11.5. The lowest BCUT2D eigenvalue weighted by molar-refractivity contribution is 0.193. The topological polar surface area (TPSA) is 48.1 Å². The highest BCUT2D eigenvalue weighted by Gasteiger charge is 2.21. The maximum absolute atomic E-state index is 5.78. The summed E-state index contributed by atoms with van der Waals surface area (Å²) in [5, 5.41) is 0. The lowest BCUT2D eigenvalue weighted by atomic mass is 9.95. The number of hydrogen-bond donors (Lipinski definition) is 1. The molecule has 16 heavy (non-hydrogen) atoms. The summed E-state index contributed by atoms with van der Waals surface area (Å²) in [6, 6.07) is 4.31. The van der Waals surface area contributed by atoms with Crippen LogP contribution < -0.4 is 5.73 Å². The molecule has 1 aromatic rings. The Hall–Kier alpha value is -0.930. The lowest BCUT2D eigenvalue weighted by Gasteiger charge is -2.15. The van der Waals surface area contributed by atoms with Gasteiger partial charge in [-0.1, -0.05) is 19.9 Å². The van der Waals surface area contributed by atoms with Crippen molar-refractivity contribution in [2.45, 2.75) is 38.6 Å². The van der Waals surface area contributed by atoms with Crippen LogP contribution >= 0.6 is 0 Å². The van der Waals surface area contributed by atoms with E-state index in [1.807, 2.05) is 0 Å². The van der Waals surface area contributed by atoms with Gasteiger partial charge in [0.25, 0.3) is 0 Å². The molecule has 88 valence electrons. The van der Waals surface area contributed by atoms with Gasteiger partial charge in [0.15, 0.2) is 0 Å². The second-order valence-electron chi connectivity index (χ2n) is 4.69. The predicted octanol–water partition coefficient (Wildman–Crippen LogP) is 2.17. The van der Waals surface area contributed by atoms with Crippen LogP contribution in [0.4, 0.5) is 0 Å². The molecule has 1 aliphatic rings. The van der Waals surface area contributed by atoms with Crippen LogP contribution in [0.1, 0.15) is 49.1 Å². The van der Waals surface area contributed by atoms with Crippen molar-refractivity contribution >= 4 is 0 Å². The third-order valence-corrected chi connectivity index (χ3v) is 3.19. The molecule has 0 unspecified atom stereocenters. The van der Waals surface area contributed by atoms with Crippen molar-refractivity contribution in [1.82, 2.24) is 4.98 Å². The fraction of sp³-hybridized carbons (Fsp3) is 0.615. The van der Waals surface area contributed by atoms with Gasteiger partial charge in [-0.2, -0.15) is 0 Å². The molecule has 0 amide bonds. The van der Waals surface area contributed by atoms with Crippen molar-refractivity contribution in [2.24, 2.45) is 5.73 Å². The minimum absolute atomic E-state index is 0.458. The van der Waals surface area contributed by atoms with Gasteiger partial charge in [-0.25, -0.2) is 0 Å². The van der Waals surface area contributed by atoms with E-state index in [9.17, 15) is 0 Å². The van der Waals surface area contributed by atoms with E-state index >= 15 is 0 Å². The molecule has 1 aromatic heterocycles. The van der Waals surface area contributed by atoms with Gasteiger partial charge in [-0.3, -0.25) is 4.98 Å². The van der Waals surface area contributed by atoms with Crippen molar-refractivity contribution in [1.29, 1.82) is 0 Å². The van der Waals surface area contributed by atoms with E-state index in [2.05, 4.69) is 31.0 Å². The molecule has 1 atom stereocenters. The first-order valence-corrected chi connectivity index (χ1v) is 6.00. The Morgan fingerprint density at radius 3 is 2.88 bits per heavy atom. The van der Waals surface area contributed by atoms with Gasteiger partial charge >= 0.3 is 0 Å². The van der Waals surface area contributed by atoms with Crippen LogP contribution in [0.3, 0.4) is 0 Å². The van der Waals surface area contributed by atoms with Gasteiger partial charge in [0.2, 0.25) is 0 Å². The predicted molar refractivity (Wildman–Crippen MR) is 64.4 cm³/mol. The first-order chi connectivity index (χ1) is 7.72. The molecule has 2 heterocycles. The molecule has 3 heteroatoms. The molecule has 1 aliphatic heterocycles. The van der Waals surface area contributed by atoms with Gasteiger partial charge < -0.3 is 10.5 Å². The molecular formula is C13H20N2O. The van der Waals surface area contributed by atoms with Gasteiger partial charge in [0.1, 0.15) is 0 Å². The maximum atomic E-state index is 5.78. The van der Waals surface area contributed by atoms with Crippen LogP contribution in [0.2, 0.25) is 0 Å². The molecule has 2 rings (SSSR count). The number of ether oxygens (including phenoxy) is 1. The maximum Gasteiger partial charge on any atom is 0.0578 e. The van der Waals surface area contributed by atoms with Crippen LogP contribution in [0, 0.1) is 0 Å². The van der Waals surface area contributed by atoms with Crippen LogP contribution in [0.5, 0.6) is 0 Å². The molecule has 0 bridgehead atoms. The first kappa shape index (κ1) is 11.6. The molecule has 0 spiro atoms. The SMILES string of the molecule is CC(C)c1ccc([C@@H]2CCOC2)c(CN)n1. The summed E-state index contributed by atoms with van der Waals surface area (Å²) < 4.78 is 5.42. The smallest absolute Gasteiger partial charge is 0.0578 e. The fourth-order valence-corrected chi connectivity index (χ4v) is 2.17. The second kappa shape index (κ2) is 4.93. The average molecular weight is 220 g/mol. The zero-order valence-corrected chi connectivity index (χ0v) is 10.1. The summed E-state index contributed by atoms with van der Waals surface area (Å²) in [7, 11) is 0. The Kier molecular flexibility index (Phi) is 3.56. The van der Waals surface area contributed by atoms with E-state index in [1.54, 1.807) is 0 Å². The van der Waals surface area contributed by atoms with Crippen LogP contribution in [0.25, 0.3) is 0 Å². The zero-order valence-electron chi connectivity index (χ0n) is 10.1. The average Bonchev–Trinajstić information content (AvgIpc) is 2.81. The summed E-state index contributed by atoms with van der Waals surface area (Å²) in [5.74, 6) is 0.950. The number of nitrogens with two attached hydrogens (primary N) is 1. The second-order valence-corrected chi connectivity index (χ2v) is 4.69. The van der Waals surface area contributed by atoms with Crippen molar-refractivity contribution in [3.63, 3.8) is 0 Å². The highest BCUT2D eigenvalue weighted by molar-refractivity contribution is 5.28. The Bertz CT molecular complexity index is 357. The third kappa shape index (κ3) is 2.25. The summed E-state index contributed by atoms with van der Waals surface area (Å²) in [6.07, 6.45) is 1.09. The van der Waals surface area contributed by atoms with Gasteiger partial charge in [-0.05, 0) is 24.0 Å². The number of hydrogen-bond acceptors (Lipinski definition) is 3. The molecule has 0 aromatic carbocycles. The number of pyridine rings is 1. The summed E-state index contributed by atoms with van der Waals surface area (Å²) >= 11 is 0. The minimum atomic E-state index is 0.458. The van der Waals surface area contributed by atoms with E-state index in [0.717, 1.165) is 31.0 Å². The van der Waals surface area contributed by atoms with E-state index in [1.165, 1.54) is 5.56 Å². The number of rotatable bonds is 3. The van der Waals surface area contributed by atoms with Gasteiger partial charge in [0, 0.05) is 24.8 Å². The number of aromatic nitrogens is 1. The highest BCUT2D eigenvalue weighted by Crippen LogP contribution is 2.28. The van der Waals surface area contributed by atoms with E-state index in [-0.39, 0.29) is 0 Å². The Morgan fingerprint density at radius 2 is 2.31 bits per heavy atom. The van der Waals surface area contributed by atoms with Gasteiger partial charge in [0.05, 0.1) is 12.3 Å². The Morgan fingerprint density at radius 1 is 1.50 bits per heavy atom. The minimum Gasteiger partial charge on any atom is -0.381 e. The van der Waals surface area contributed by atoms with Crippen molar-refractivity contribution < 1.29 is 4.74 Å². The molecule has 0 saturated carbocycles. The largest absolute Gasteiger partial charge is 0.381 e. The van der Waals surface area contributed by atoms with Crippen molar-refractivity contribution in [3.05, 3.63) is 29.1 Å². The Balaban J connectivity index is 2.30. The van der Waals surface area contributed by atoms with E-state index < -0.39 is 0 Å². The third-order valence-electron chi connectivity index (χ3n) is 3.19. The van der Waals surface area contributed by atoms with E-state index in [0.29, 0.717) is 18.4 Å². The fourth-order valence-electron chi connectivity index (χ4n) is 2.17. The van der Waals surface area contributed by atoms with Crippen molar-refractivity contribution in [2.75, 3.05) is 13.2 Å². The standard InChI is InChI=1S/C13H20N2O/c1-9(2)12-4-3-11(13(7-14)15-12)10-5-6-16-8-10/h3-4,9-10H,5-8,14H2,1-2H3/t10-/m1/s1. The van der Waals surface area contributed by atoms with Gasteiger partial charge in [-0.15, -0.1) is 0 Å². The lowest BCUT2D eigenvalue weighted by Crippen LogP contribution is -2.11. The molecule has 1 saturated heterocycles. The quantitative estimate of drug-likeness (QED) is 0.849. The summed E-state index contributed by atoms with van der Waals surface area (Å²) in [4.78, 5) is 4.65. The summed E-state index contributed by atoms with van der Waals surface area (Å²) in [6.45, 7) is 6.50. The monoisotopic (exact) mass is 220 g/mol. The Labute approximate surface area is 97.0 Å². The first-order valence-electron chi connectivity index (χ1n) is 6.00. The molecule has 1 fully saturated rings. The normalized spacial score (nSPS) is 20.6. The molecule has 2 N–H and O–H groups in total. The van der Waals surface area contributed by atoms with E-state index in [4.69, 9.17) is 10.5 Å². The highest BCUT2D eigenvalue weighted by atomic mass is 16.5. The molecule has 3 nitrogen and oxygen atoms in total. The van der Waals surface area contributed by atoms with Crippen LogP contribution in [-0.4, -0.2) is 18.2 Å². The summed E-state index contributed by atoms with van der Waals surface area (Å²) in [5.41, 5.74) is 9.24. The molecule has 0 aliphatic carbocycles. The molecule has 0 radical (unpaired) electrons. The number of nitrogens with zero attached hydrogens (tertiary/aromatic N) is 1. The van der Waals surface area contributed by atoms with Crippen LogP contribution in [-0.2, 0) is 11.3 Å².